The van der Waals surface area contributed by atoms with Gasteiger partial charge in [0.2, 0.25) is 0 Å². The van der Waals surface area contributed by atoms with E-state index in [1.165, 1.54) is 0 Å². The van der Waals surface area contributed by atoms with Gasteiger partial charge in [0.15, 0.2) is 5.78 Å². The predicted octanol–water partition coefficient (Wildman–Crippen LogP) is 2.89. The number of nitrogens with two attached hydrogens (primary N) is 1. The summed E-state index contributed by atoms with van der Waals surface area (Å²) in [6.45, 7) is 6.61. The molecule has 4 nitrogen and oxygen atoms in total. The van der Waals surface area contributed by atoms with E-state index in [0.717, 1.165) is 16.6 Å². The first-order chi connectivity index (χ1) is 11.1. The van der Waals surface area contributed by atoms with Crippen molar-refractivity contribution < 1.29 is 9.36 Å². The van der Waals surface area contributed by atoms with E-state index in [1.54, 1.807) is 6.08 Å². The molecule has 0 aliphatic heterocycles. The second-order valence-corrected chi connectivity index (χ2v) is 5.62. The second-order valence-electron chi connectivity index (χ2n) is 5.62. The van der Waals surface area contributed by atoms with Crippen LogP contribution in [0.15, 0.2) is 61.2 Å². The van der Waals surface area contributed by atoms with Gasteiger partial charge in [-0.1, -0.05) is 54.6 Å². The molecule has 3 aromatic rings. The standard InChI is InChI=1S/C19H19N3O/c1-3-12-21-16-6-4-5-7-17(16)22(19(21)20)13-18(23)15-10-8-14(2)9-11-15/h3-11,20H,1,12-13H2,2H3/p+1. The van der Waals surface area contributed by atoms with E-state index in [9.17, 15) is 4.79 Å². The van der Waals surface area contributed by atoms with Gasteiger partial charge in [-0.25, -0.2) is 9.13 Å². The predicted molar refractivity (Wildman–Crippen MR) is 92.3 cm³/mol. The number of para-hydroxylation sites is 2. The summed E-state index contributed by atoms with van der Waals surface area (Å²) < 4.78 is 3.83. The lowest BCUT2D eigenvalue weighted by molar-refractivity contribution is -0.642. The van der Waals surface area contributed by atoms with Crippen molar-refractivity contribution in [3.8, 4) is 0 Å². The molecule has 0 atom stereocenters. The van der Waals surface area contributed by atoms with E-state index in [0.29, 0.717) is 18.1 Å². The maximum atomic E-state index is 12.6. The number of ketones is 1. The number of Topliss-reactive ketones (excluding diaryl/α,β-unsaturated/α-hetero) is 1. The Labute approximate surface area is 135 Å². The van der Waals surface area contributed by atoms with E-state index in [-0.39, 0.29) is 12.3 Å². The molecule has 4 heteroatoms. The summed E-state index contributed by atoms with van der Waals surface area (Å²) in [5.41, 5.74) is 10.1. The van der Waals surface area contributed by atoms with Crippen LogP contribution in [0.2, 0.25) is 0 Å². The normalized spacial score (nSPS) is 10.8. The molecule has 23 heavy (non-hydrogen) atoms. The first-order valence-electron chi connectivity index (χ1n) is 7.59. The number of rotatable bonds is 5. The summed E-state index contributed by atoms with van der Waals surface area (Å²) in [6, 6.07) is 15.5. The SMILES string of the molecule is C=CCn1c(N)[n+](CC(=O)c2ccc(C)cc2)c2ccccc21. The Morgan fingerprint density at radius 3 is 2.61 bits per heavy atom. The minimum Gasteiger partial charge on any atom is -0.291 e. The Morgan fingerprint density at radius 1 is 1.22 bits per heavy atom. The monoisotopic (exact) mass is 306 g/mol. The number of hydrogen-bond donors (Lipinski definition) is 1. The molecule has 0 amide bonds. The van der Waals surface area contributed by atoms with E-state index >= 15 is 0 Å². The number of imidazole rings is 1. The van der Waals surface area contributed by atoms with Crippen LogP contribution in [0.4, 0.5) is 5.95 Å². The van der Waals surface area contributed by atoms with Crippen molar-refractivity contribution in [2.75, 3.05) is 5.73 Å². The largest absolute Gasteiger partial charge is 0.356 e. The summed E-state index contributed by atoms with van der Waals surface area (Å²) in [5, 5.41) is 0. The van der Waals surface area contributed by atoms with Gasteiger partial charge in [-0.2, -0.15) is 0 Å². The van der Waals surface area contributed by atoms with Crippen molar-refractivity contribution in [3.05, 3.63) is 72.3 Å². The van der Waals surface area contributed by atoms with Gasteiger partial charge in [0.1, 0.15) is 17.6 Å². The molecule has 0 bridgehead atoms. The van der Waals surface area contributed by atoms with Gasteiger partial charge in [-0.15, -0.1) is 0 Å². The Bertz CT molecular complexity index is 876. The molecule has 3 rings (SSSR count). The Morgan fingerprint density at radius 2 is 1.91 bits per heavy atom. The number of nitrogen functional groups attached to an aromatic ring is 1. The molecule has 0 aliphatic rings. The average molecular weight is 306 g/mol. The van der Waals surface area contributed by atoms with Crippen LogP contribution in [0.25, 0.3) is 11.0 Å². The zero-order chi connectivity index (χ0) is 16.4. The Balaban J connectivity index is 2.02. The molecule has 2 N–H and O–H groups in total. The zero-order valence-electron chi connectivity index (χ0n) is 13.2. The van der Waals surface area contributed by atoms with Gasteiger partial charge in [0.25, 0.3) is 0 Å². The third-order valence-electron chi connectivity index (χ3n) is 4.00. The maximum Gasteiger partial charge on any atom is 0.356 e. The molecule has 116 valence electrons. The quantitative estimate of drug-likeness (QED) is 0.448. The van der Waals surface area contributed by atoms with Crippen LogP contribution in [0.1, 0.15) is 15.9 Å². The number of aromatic nitrogens is 2. The third-order valence-corrected chi connectivity index (χ3v) is 4.00. The molecular formula is C19H20N3O+. The lowest BCUT2D eigenvalue weighted by Gasteiger charge is -2.02. The van der Waals surface area contributed by atoms with Crippen molar-refractivity contribution in [1.29, 1.82) is 0 Å². The van der Waals surface area contributed by atoms with Crippen LogP contribution in [0, 0.1) is 6.92 Å². The van der Waals surface area contributed by atoms with Crippen LogP contribution in [0.5, 0.6) is 0 Å². The smallest absolute Gasteiger partial charge is 0.291 e. The van der Waals surface area contributed by atoms with Crippen molar-refractivity contribution in [2.45, 2.75) is 20.0 Å². The fourth-order valence-corrected chi connectivity index (χ4v) is 2.77. The highest BCUT2D eigenvalue weighted by Crippen LogP contribution is 2.16. The van der Waals surface area contributed by atoms with E-state index in [2.05, 4.69) is 6.58 Å². The molecule has 2 aromatic carbocycles. The number of anilines is 1. The zero-order valence-corrected chi connectivity index (χ0v) is 13.2. The molecule has 0 saturated carbocycles. The topological polar surface area (TPSA) is 51.9 Å². The first kappa shape index (κ1) is 15.0. The molecule has 0 unspecified atom stereocenters. The lowest BCUT2D eigenvalue weighted by atomic mass is 10.1. The Hall–Kier alpha value is -2.88. The number of benzene rings is 2. The number of fused-ring (bicyclic) bond motifs is 1. The van der Waals surface area contributed by atoms with Crippen LogP contribution < -0.4 is 10.3 Å². The summed E-state index contributed by atoms with van der Waals surface area (Å²) in [6.07, 6.45) is 1.80. The van der Waals surface area contributed by atoms with Crippen LogP contribution >= 0.6 is 0 Å². The second kappa shape index (κ2) is 6.08. The third kappa shape index (κ3) is 2.75. The number of carbonyl (C=O) groups is 1. The summed E-state index contributed by atoms with van der Waals surface area (Å²) in [7, 11) is 0. The first-order valence-corrected chi connectivity index (χ1v) is 7.59. The van der Waals surface area contributed by atoms with Gasteiger partial charge in [-0.3, -0.25) is 10.5 Å². The molecule has 0 saturated heterocycles. The highest BCUT2D eigenvalue weighted by molar-refractivity contribution is 5.95. The molecule has 0 aliphatic carbocycles. The van der Waals surface area contributed by atoms with E-state index in [1.807, 2.05) is 64.6 Å². The van der Waals surface area contributed by atoms with Crippen LogP contribution in [0.3, 0.4) is 0 Å². The summed E-state index contributed by atoms with van der Waals surface area (Å²) in [5.74, 6) is 0.606. The van der Waals surface area contributed by atoms with Gasteiger partial charge in [-0.05, 0) is 19.1 Å². The number of hydrogen-bond acceptors (Lipinski definition) is 2. The molecular weight excluding hydrogens is 286 g/mol. The maximum absolute atomic E-state index is 12.6. The van der Waals surface area contributed by atoms with E-state index < -0.39 is 0 Å². The average Bonchev–Trinajstić information content (AvgIpc) is 2.82. The fraction of sp³-hybridized carbons (Fsp3) is 0.158. The highest BCUT2D eigenvalue weighted by atomic mass is 16.1. The highest BCUT2D eigenvalue weighted by Gasteiger charge is 2.22. The molecule has 1 aromatic heterocycles. The van der Waals surface area contributed by atoms with Gasteiger partial charge in [0.05, 0.1) is 6.54 Å². The summed E-state index contributed by atoms with van der Waals surface area (Å²) >= 11 is 0. The van der Waals surface area contributed by atoms with Crippen LogP contribution in [-0.2, 0) is 13.1 Å². The number of allylic oxidation sites excluding steroid dienone is 1. The van der Waals surface area contributed by atoms with Gasteiger partial charge >= 0.3 is 5.95 Å². The van der Waals surface area contributed by atoms with Crippen molar-refractivity contribution >= 4 is 22.8 Å². The fourth-order valence-electron chi connectivity index (χ4n) is 2.77. The Kier molecular flexibility index (Phi) is 3.98. The van der Waals surface area contributed by atoms with Crippen molar-refractivity contribution in [2.24, 2.45) is 0 Å². The number of aryl methyl sites for hydroxylation is 1. The van der Waals surface area contributed by atoms with Crippen molar-refractivity contribution in [1.82, 2.24) is 4.57 Å². The molecule has 0 fully saturated rings. The number of nitrogens with zero attached hydrogens (tertiary/aromatic N) is 2. The lowest BCUT2D eigenvalue weighted by Crippen LogP contribution is -2.40. The summed E-state index contributed by atoms with van der Waals surface area (Å²) in [4.78, 5) is 12.6. The van der Waals surface area contributed by atoms with Gasteiger partial charge < -0.3 is 0 Å². The molecule has 1 heterocycles. The van der Waals surface area contributed by atoms with Crippen molar-refractivity contribution in [3.63, 3.8) is 0 Å². The minimum absolute atomic E-state index is 0.0446. The van der Waals surface area contributed by atoms with E-state index in [4.69, 9.17) is 5.73 Å². The molecule has 0 radical (unpaired) electrons. The molecule has 0 spiro atoms. The van der Waals surface area contributed by atoms with Crippen LogP contribution in [-0.4, -0.2) is 10.4 Å². The minimum atomic E-state index is 0.0446. The number of carbonyl (C=O) groups excluding carboxylic acids is 1. The van der Waals surface area contributed by atoms with Gasteiger partial charge in [0, 0.05) is 5.56 Å².